The Kier molecular flexibility index (Phi) is 5.56. The average molecular weight is 424 g/mol. The summed E-state index contributed by atoms with van der Waals surface area (Å²) in [5.74, 6) is -0.570. The third-order valence-electron chi connectivity index (χ3n) is 6.71. The minimum absolute atomic E-state index is 0.0693. The smallest absolute Gasteiger partial charge is 0.325 e. The second-order valence-electron chi connectivity index (χ2n) is 8.61. The first-order chi connectivity index (χ1) is 14.8. The van der Waals surface area contributed by atoms with Gasteiger partial charge in [0.2, 0.25) is 5.91 Å². The number of hydrogen-bond donors (Lipinski definition) is 2. The van der Waals surface area contributed by atoms with Crippen LogP contribution in [0, 0.1) is 19.8 Å². The molecule has 1 saturated heterocycles. The van der Waals surface area contributed by atoms with Gasteiger partial charge < -0.3 is 10.6 Å². The van der Waals surface area contributed by atoms with Crippen molar-refractivity contribution in [2.45, 2.75) is 58.5 Å². The van der Waals surface area contributed by atoms with Crippen LogP contribution in [0.3, 0.4) is 0 Å². The Bertz CT molecular complexity index is 1020. The molecule has 1 aliphatic carbocycles. The predicted octanol–water partition coefficient (Wildman–Crippen LogP) is 2.61. The summed E-state index contributed by atoms with van der Waals surface area (Å²) < 4.78 is 1.85. The Morgan fingerprint density at radius 3 is 2.68 bits per heavy atom. The van der Waals surface area contributed by atoms with Crippen LogP contribution in [0.2, 0.25) is 0 Å². The van der Waals surface area contributed by atoms with Crippen molar-refractivity contribution in [2.24, 2.45) is 5.92 Å². The topological polar surface area (TPSA) is 96.3 Å². The highest BCUT2D eigenvalue weighted by Crippen LogP contribution is 2.38. The van der Waals surface area contributed by atoms with Crippen LogP contribution in [-0.4, -0.2) is 44.6 Å². The van der Waals surface area contributed by atoms with Crippen LogP contribution in [0.4, 0.5) is 4.79 Å². The molecule has 8 nitrogen and oxygen atoms in total. The molecule has 1 aliphatic heterocycles. The highest BCUT2D eigenvalue weighted by Gasteiger charge is 2.55. The van der Waals surface area contributed by atoms with Crippen LogP contribution in [0.15, 0.2) is 30.3 Å². The number of para-hydroxylation sites is 1. The zero-order valence-corrected chi connectivity index (χ0v) is 18.3. The number of rotatable bonds is 5. The fourth-order valence-corrected chi connectivity index (χ4v) is 4.78. The number of aromatic nitrogens is 2. The molecule has 164 valence electrons. The van der Waals surface area contributed by atoms with E-state index >= 15 is 0 Å². The molecule has 1 saturated carbocycles. The molecular formula is C23H29N5O3. The fraction of sp³-hybridized carbons (Fsp3) is 0.478. The molecule has 0 unspecified atom stereocenters. The molecule has 0 radical (unpaired) electrons. The predicted molar refractivity (Wildman–Crippen MR) is 115 cm³/mol. The average Bonchev–Trinajstić information content (AvgIpc) is 3.17. The number of urea groups is 1. The van der Waals surface area contributed by atoms with Crippen molar-refractivity contribution in [3.8, 4) is 5.69 Å². The minimum atomic E-state index is -0.848. The summed E-state index contributed by atoms with van der Waals surface area (Å²) in [4.78, 5) is 39.2. The third-order valence-corrected chi connectivity index (χ3v) is 6.71. The highest BCUT2D eigenvalue weighted by atomic mass is 16.2. The summed E-state index contributed by atoms with van der Waals surface area (Å²) in [6.45, 7) is 5.87. The van der Waals surface area contributed by atoms with Gasteiger partial charge in [-0.1, -0.05) is 38.0 Å². The number of nitrogens with one attached hydrogen (secondary N) is 2. The number of benzene rings is 1. The van der Waals surface area contributed by atoms with E-state index in [1.54, 1.807) is 0 Å². The number of nitrogens with zero attached hydrogens (tertiary/aromatic N) is 3. The number of aryl methyl sites for hydroxylation is 1. The lowest BCUT2D eigenvalue weighted by Gasteiger charge is -2.36. The summed E-state index contributed by atoms with van der Waals surface area (Å²) >= 11 is 0. The SMILES string of the molecule is Cc1nn(-c2ccccc2)c(C)c1CNC(=O)CN1C(=O)N[C@]2(CCCC[C@@H]2C)C1=O. The lowest BCUT2D eigenvalue weighted by atomic mass is 9.73. The van der Waals surface area contributed by atoms with Gasteiger partial charge >= 0.3 is 6.03 Å². The van der Waals surface area contributed by atoms with Gasteiger partial charge in [0.25, 0.3) is 5.91 Å². The van der Waals surface area contributed by atoms with Gasteiger partial charge in [0.05, 0.1) is 11.4 Å². The van der Waals surface area contributed by atoms with E-state index < -0.39 is 11.6 Å². The van der Waals surface area contributed by atoms with E-state index in [9.17, 15) is 14.4 Å². The number of hydrogen-bond acceptors (Lipinski definition) is 4. The molecule has 8 heteroatoms. The van der Waals surface area contributed by atoms with Crippen LogP contribution in [0.25, 0.3) is 5.69 Å². The largest absolute Gasteiger partial charge is 0.350 e. The number of amides is 4. The van der Waals surface area contributed by atoms with E-state index in [1.165, 1.54) is 0 Å². The summed E-state index contributed by atoms with van der Waals surface area (Å²) in [6, 6.07) is 9.32. The van der Waals surface area contributed by atoms with Crippen molar-refractivity contribution < 1.29 is 14.4 Å². The molecule has 2 fully saturated rings. The van der Waals surface area contributed by atoms with Gasteiger partial charge in [-0.25, -0.2) is 9.48 Å². The normalized spacial score (nSPS) is 23.3. The molecule has 0 bridgehead atoms. The number of carbonyl (C=O) groups excluding carboxylic acids is 3. The van der Waals surface area contributed by atoms with E-state index in [2.05, 4.69) is 15.7 Å². The molecule has 2 atom stereocenters. The molecule has 4 rings (SSSR count). The molecule has 4 amide bonds. The monoisotopic (exact) mass is 423 g/mol. The molecule has 1 aromatic carbocycles. The standard InChI is InChI=1S/C23H29N5O3/c1-15-9-7-8-12-23(15)21(30)27(22(31)25-23)14-20(29)24-13-19-16(2)26-28(17(19)3)18-10-5-4-6-11-18/h4-6,10-11,15H,7-9,12-14H2,1-3H3,(H,24,29)(H,25,31)/t15-,23-/m0/s1. The van der Waals surface area contributed by atoms with E-state index in [0.717, 1.165) is 46.8 Å². The summed E-state index contributed by atoms with van der Waals surface area (Å²) in [5.41, 5.74) is 2.79. The number of imide groups is 1. The molecule has 1 spiro atoms. The maximum atomic E-state index is 13.0. The Morgan fingerprint density at radius 2 is 1.97 bits per heavy atom. The molecule has 2 heterocycles. The Hall–Kier alpha value is -3.16. The van der Waals surface area contributed by atoms with Gasteiger partial charge in [-0.3, -0.25) is 14.5 Å². The molecule has 1 aromatic heterocycles. The van der Waals surface area contributed by atoms with Crippen molar-refractivity contribution in [3.63, 3.8) is 0 Å². The van der Waals surface area contributed by atoms with E-state index in [4.69, 9.17) is 0 Å². The fourth-order valence-electron chi connectivity index (χ4n) is 4.78. The van der Waals surface area contributed by atoms with Gasteiger partial charge in [-0.15, -0.1) is 0 Å². The van der Waals surface area contributed by atoms with Gasteiger partial charge in [0.15, 0.2) is 0 Å². The second-order valence-corrected chi connectivity index (χ2v) is 8.61. The van der Waals surface area contributed by atoms with E-state index in [0.29, 0.717) is 6.42 Å². The quantitative estimate of drug-likeness (QED) is 0.723. The maximum Gasteiger partial charge on any atom is 0.325 e. The van der Waals surface area contributed by atoms with Crippen LogP contribution in [0.5, 0.6) is 0 Å². The number of carbonyl (C=O) groups is 3. The molecule has 31 heavy (non-hydrogen) atoms. The Labute approximate surface area is 182 Å². The zero-order valence-electron chi connectivity index (χ0n) is 18.3. The van der Waals surface area contributed by atoms with Crippen LogP contribution in [0.1, 0.15) is 49.6 Å². The van der Waals surface area contributed by atoms with Crippen LogP contribution in [-0.2, 0) is 16.1 Å². The summed E-state index contributed by atoms with van der Waals surface area (Å²) in [6.07, 6.45) is 3.49. The first kappa shape index (κ1) is 21.1. The van der Waals surface area contributed by atoms with Crippen LogP contribution >= 0.6 is 0 Å². The van der Waals surface area contributed by atoms with Crippen LogP contribution < -0.4 is 10.6 Å². The third kappa shape index (κ3) is 3.71. The first-order valence-electron chi connectivity index (χ1n) is 10.8. The molecule has 2 aromatic rings. The summed E-state index contributed by atoms with van der Waals surface area (Å²) in [5, 5.41) is 10.3. The zero-order chi connectivity index (χ0) is 22.2. The van der Waals surface area contributed by atoms with Crippen molar-refractivity contribution in [1.29, 1.82) is 0 Å². The van der Waals surface area contributed by atoms with E-state index in [-0.39, 0.29) is 30.8 Å². The minimum Gasteiger partial charge on any atom is -0.350 e. The van der Waals surface area contributed by atoms with Crippen molar-refractivity contribution in [3.05, 3.63) is 47.3 Å². The highest BCUT2D eigenvalue weighted by molar-refractivity contribution is 6.09. The Morgan fingerprint density at radius 1 is 1.23 bits per heavy atom. The lowest BCUT2D eigenvalue weighted by molar-refractivity contribution is -0.137. The van der Waals surface area contributed by atoms with Crippen molar-refractivity contribution in [1.82, 2.24) is 25.3 Å². The van der Waals surface area contributed by atoms with Gasteiger partial charge in [-0.2, -0.15) is 5.10 Å². The summed E-state index contributed by atoms with van der Waals surface area (Å²) in [7, 11) is 0. The molecule has 2 N–H and O–H groups in total. The van der Waals surface area contributed by atoms with Crippen molar-refractivity contribution in [2.75, 3.05) is 6.54 Å². The molecule has 2 aliphatic rings. The molecular weight excluding hydrogens is 394 g/mol. The second kappa shape index (κ2) is 8.17. The van der Waals surface area contributed by atoms with Gasteiger partial charge in [0.1, 0.15) is 12.1 Å². The lowest BCUT2D eigenvalue weighted by Crippen LogP contribution is -2.54. The Balaban J connectivity index is 1.42. The van der Waals surface area contributed by atoms with E-state index in [1.807, 2.05) is 55.8 Å². The van der Waals surface area contributed by atoms with Gasteiger partial charge in [-0.05, 0) is 44.7 Å². The van der Waals surface area contributed by atoms with Crippen molar-refractivity contribution >= 4 is 17.8 Å². The maximum absolute atomic E-state index is 13.0. The van der Waals surface area contributed by atoms with Gasteiger partial charge in [0, 0.05) is 17.8 Å². The first-order valence-corrected chi connectivity index (χ1v) is 10.8.